The third-order valence-electron chi connectivity index (χ3n) is 14.9. The van der Waals surface area contributed by atoms with Gasteiger partial charge in [0.2, 0.25) is 0 Å². The zero-order valence-corrected chi connectivity index (χ0v) is 37.6. The molecule has 13 rings (SSSR count). The summed E-state index contributed by atoms with van der Waals surface area (Å²) in [6.45, 7) is 9.44. The standard InChI is InChI=1S/C64H47NO/c1-63(2)56-23-9-7-18-51(56)53-36-31-43(39-58(53)63)40-26-32-45(33-27-40)65(46-34-28-42(29-35-46)49-21-12-22-54-52-19-8-10-24-57(52)64(3,4)61(49)54)47-16-11-15-44(38-47)48-20-13-25-59-60(48)55-37-30-41-14-5-6-17-50(41)62(55)66-59/h5-39H,1-4H3. The van der Waals surface area contributed by atoms with Crippen LogP contribution in [0.25, 0.3) is 88.3 Å². The van der Waals surface area contributed by atoms with Crippen molar-refractivity contribution >= 4 is 49.8 Å². The van der Waals surface area contributed by atoms with Crippen molar-refractivity contribution in [2.24, 2.45) is 0 Å². The van der Waals surface area contributed by atoms with E-state index >= 15 is 0 Å². The van der Waals surface area contributed by atoms with E-state index in [1.807, 2.05) is 0 Å². The topological polar surface area (TPSA) is 16.4 Å². The Morgan fingerprint density at radius 2 is 0.939 bits per heavy atom. The van der Waals surface area contributed by atoms with Gasteiger partial charge in [0.25, 0.3) is 0 Å². The van der Waals surface area contributed by atoms with Crippen molar-refractivity contribution in [2.75, 3.05) is 4.90 Å². The van der Waals surface area contributed by atoms with Crippen LogP contribution >= 0.6 is 0 Å². The molecule has 2 heteroatoms. The summed E-state index contributed by atoms with van der Waals surface area (Å²) >= 11 is 0. The molecule has 10 aromatic carbocycles. The Bertz CT molecular complexity index is 3750. The highest BCUT2D eigenvalue weighted by atomic mass is 16.3. The highest BCUT2D eigenvalue weighted by Gasteiger charge is 2.38. The van der Waals surface area contributed by atoms with Crippen molar-refractivity contribution in [2.45, 2.75) is 38.5 Å². The molecule has 314 valence electrons. The maximum Gasteiger partial charge on any atom is 0.143 e. The first-order valence-corrected chi connectivity index (χ1v) is 23.2. The molecule has 2 aliphatic carbocycles. The van der Waals surface area contributed by atoms with Crippen molar-refractivity contribution in [3.8, 4) is 55.6 Å². The lowest BCUT2D eigenvalue weighted by Gasteiger charge is -2.27. The predicted octanol–water partition coefficient (Wildman–Crippen LogP) is 17.8. The van der Waals surface area contributed by atoms with Crippen molar-refractivity contribution in [1.82, 2.24) is 0 Å². The molecule has 0 saturated carbocycles. The molecular formula is C64H47NO. The molecule has 66 heavy (non-hydrogen) atoms. The summed E-state index contributed by atoms with van der Waals surface area (Å²) in [5.41, 5.74) is 23.1. The van der Waals surface area contributed by atoms with Crippen LogP contribution in [0, 0.1) is 0 Å². The third kappa shape index (κ3) is 5.67. The minimum absolute atomic E-state index is 0.0592. The molecule has 0 amide bonds. The number of fused-ring (bicyclic) bond motifs is 11. The Kier molecular flexibility index (Phi) is 8.33. The molecule has 0 bridgehead atoms. The van der Waals surface area contributed by atoms with Crippen LogP contribution in [0.2, 0.25) is 0 Å². The molecular weight excluding hydrogens is 799 g/mol. The second kappa shape index (κ2) is 14.3. The van der Waals surface area contributed by atoms with Gasteiger partial charge in [0.15, 0.2) is 0 Å². The molecule has 0 fully saturated rings. The van der Waals surface area contributed by atoms with Crippen molar-refractivity contribution in [3.05, 3.63) is 235 Å². The van der Waals surface area contributed by atoms with E-state index in [1.165, 1.54) is 72.1 Å². The molecule has 11 aromatic rings. The van der Waals surface area contributed by atoms with E-state index in [4.69, 9.17) is 4.42 Å². The van der Waals surface area contributed by atoms with Gasteiger partial charge in [-0.05, 0) is 138 Å². The van der Waals surface area contributed by atoms with Crippen LogP contribution in [-0.4, -0.2) is 0 Å². The first-order valence-electron chi connectivity index (χ1n) is 23.2. The number of furan rings is 1. The Morgan fingerprint density at radius 1 is 0.348 bits per heavy atom. The Morgan fingerprint density at radius 3 is 1.73 bits per heavy atom. The van der Waals surface area contributed by atoms with Gasteiger partial charge in [0.05, 0.1) is 0 Å². The van der Waals surface area contributed by atoms with Crippen LogP contribution in [0.3, 0.4) is 0 Å². The zero-order valence-electron chi connectivity index (χ0n) is 37.6. The van der Waals surface area contributed by atoms with Crippen LogP contribution in [0.15, 0.2) is 217 Å². The van der Waals surface area contributed by atoms with Gasteiger partial charge < -0.3 is 9.32 Å². The lowest BCUT2D eigenvalue weighted by atomic mass is 9.79. The van der Waals surface area contributed by atoms with E-state index < -0.39 is 0 Å². The fourth-order valence-corrected chi connectivity index (χ4v) is 11.6. The average molecular weight is 846 g/mol. The van der Waals surface area contributed by atoms with E-state index in [0.717, 1.165) is 55.5 Å². The Hall–Kier alpha value is -7.94. The summed E-state index contributed by atoms with van der Waals surface area (Å²) < 4.78 is 6.64. The van der Waals surface area contributed by atoms with Gasteiger partial charge >= 0.3 is 0 Å². The lowest BCUT2D eigenvalue weighted by Crippen LogP contribution is -2.16. The summed E-state index contributed by atoms with van der Waals surface area (Å²) in [5.74, 6) is 0. The molecule has 0 aliphatic heterocycles. The first-order chi connectivity index (χ1) is 32.2. The van der Waals surface area contributed by atoms with E-state index in [0.29, 0.717) is 0 Å². The van der Waals surface area contributed by atoms with Crippen molar-refractivity contribution < 1.29 is 4.42 Å². The van der Waals surface area contributed by atoms with Crippen LogP contribution in [0.1, 0.15) is 49.9 Å². The number of benzene rings is 10. The summed E-state index contributed by atoms with van der Waals surface area (Å²) in [4.78, 5) is 2.40. The number of anilines is 3. The first kappa shape index (κ1) is 38.5. The maximum absolute atomic E-state index is 6.64. The highest BCUT2D eigenvalue weighted by molar-refractivity contribution is 6.19. The normalized spacial score (nSPS) is 14.0. The molecule has 2 aliphatic rings. The lowest BCUT2D eigenvalue weighted by molar-refractivity contribution is 0.660. The van der Waals surface area contributed by atoms with Crippen molar-refractivity contribution in [3.63, 3.8) is 0 Å². The Labute approximate surface area is 386 Å². The van der Waals surface area contributed by atoms with E-state index in [-0.39, 0.29) is 10.8 Å². The minimum atomic E-state index is -0.107. The van der Waals surface area contributed by atoms with Crippen LogP contribution in [-0.2, 0) is 10.8 Å². The second-order valence-electron chi connectivity index (χ2n) is 19.3. The van der Waals surface area contributed by atoms with Gasteiger partial charge in [0, 0.05) is 44.1 Å². The fourth-order valence-electron chi connectivity index (χ4n) is 11.6. The third-order valence-corrected chi connectivity index (χ3v) is 14.9. The molecule has 0 unspecified atom stereocenters. The average Bonchev–Trinajstić information content (AvgIpc) is 3.95. The van der Waals surface area contributed by atoms with Gasteiger partial charge in [0.1, 0.15) is 11.2 Å². The summed E-state index contributed by atoms with van der Waals surface area (Å²) in [6, 6.07) is 78.2. The SMILES string of the molecule is CC1(C)c2ccccc2-c2ccc(-c3ccc(N(c4ccc(-c5cccc6c5C(C)(C)c5ccccc5-6)cc4)c4cccc(-c5cccc6oc7c8ccccc8ccc7c56)c4)cc3)cc21. The zero-order chi connectivity index (χ0) is 44.3. The Balaban J connectivity index is 0.928. The number of hydrogen-bond donors (Lipinski definition) is 0. The van der Waals surface area contributed by atoms with Gasteiger partial charge in [-0.15, -0.1) is 0 Å². The predicted molar refractivity (Wildman–Crippen MR) is 277 cm³/mol. The van der Waals surface area contributed by atoms with Crippen molar-refractivity contribution in [1.29, 1.82) is 0 Å². The number of nitrogens with zero attached hydrogens (tertiary/aromatic N) is 1. The van der Waals surface area contributed by atoms with Gasteiger partial charge in [-0.25, -0.2) is 0 Å². The molecule has 1 heterocycles. The molecule has 0 saturated heterocycles. The molecule has 2 nitrogen and oxygen atoms in total. The highest BCUT2D eigenvalue weighted by Crippen LogP contribution is 2.53. The summed E-state index contributed by atoms with van der Waals surface area (Å²) in [6.07, 6.45) is 0. The number of hydrogen-bond acceptors (Lipinski definition) is 2. The monoisotopic (exact) mass is 845 g/mol. The van der Waals surface area contributed by atoms with Crippen LogP contribution < -0.4 is 4.90 Å². The summed E-state index contributed by atoms with van der Waals surface area (Å²) in [5, 5.41) is 4.57. The molecule has 0 spiro atoms. The molecule has 1 aromatic heterocycles. The second-order valence-corrected chi connectivity index (χ2v) is 19.3. The van der Waals surface area contributed by atoms with Gasteiger partial charge in [-0.1, -0.05) is 185 Å². The van der Waals surface area contributed by atoms with E-state index in [1.54, 1.807) is 0 Å². The van der Waals surface area contributed by atoms with E-state index in [2.05, 4.69) is 245 Å². The fraction of sp³-hybridized carbons (Fsp3) is 0.0938. The smallest absolute Gasteiger partial charge is 0.143 e. The molecule has 0 radical (unpaired) electrons. The largest absolute Gasteiger partial charge is 0.455 e. The quantitative estimate of drug-likeness (QED) is 0.166. The molecule has 0 atom stereocenters. The van der Waals surface area contributed by atoms with E-state index in [9.17, 15) is 0 Å². The van der Waals surface area contributed by atoms with Crippen LogP contribution in [0.5, 0.6) is 0 Å². The minimum Gasteiger partial charge on any atom is -0.455 e. The van der Waals surface area contributed by atoms with Gasteiger partial charge in [-0.3, -0.25) is 0 Å². The molecule has 0 N–H and O–H groups in total. The van der Waals surface area contributed by atoms with Gasteiger partial charge in [-0.2, -0.15) is 0 Å². The summed E-state index contributed by atoms with van der Waals surface area (Å²) in [7, 11) is 0. The van der Waals surface area contributed by atoms with Crippen LogP contribution in [0.4, 0.5) is 17.1 Å². The maximum atomic E-state index is 6.64. The number of rotatable bonds is 6.